The first-order chi connectivity index (χ1) is 11.1. The summed E-state index contributed by atoms with van der Waals surface area (Å²) in [5, 5.41) is 1.90. The number of rotatable bonds is 4. The summed E-state index contributed by atoms with van der Waals surface area (Å²) in [6, 6.07) is 7.38. The highest BCUT2D eigenvalue weighted by Crippen LogP contribution is 2.22. The lowest BCUT2D eigenvalue weighted by molar-refractivity contribution is -0.136. The molecule has 1 fully saturated rings. The Morgan fingerprint density at radius 1 is 1.39 bits per heavy atom. The van der Waals surface area contributed by atoms with E-state index in [9.17, 15) is 9.59 Å². The van der Waals surface area contributed by atoms with E-state index in [4.69, 9.17) is 4.42 Å². The molecule has 0 spiro atoms. The van der Waals surface area contributed by atoms with Crippen LogP contribution in [0.4, 0.5) is 0 Å². The topological polar surface area (TPSA) is 53.8 Å². The van der Waals surface area contributed by atoms with E-state index in [1.807, 2.05) is 29.6 Å². The quantitative estimate of drug-likeness (QED) is 0.865. The molecule has 1 aliphatic rings. The lowest BCUT2D eigenvalue weighted by Gasteiger charge is -2.33. The number of carbonyl (C=O) groups excluding carboxylic acids is 2. The Morgan fingerprint density at radius 3 is 2.96 bits per heavy atom. The second kappa shape index (κ2) is 7.00. The molecule has 1 saturated heterocycles. The van der Waals surface area contributed by atoms with Crippen molar-refractivity contribution in [3.8, 4) is 0 Å². The third-order valence-electron chi connectivity index (χ3n) is 4.14. The van der Waals surface area contributed by atoms with E-state index in [0.29, 0.717) is 13.1 Å². The van der Waals surface area contributed by atoms with E-state index in [1.54, 1.807) is 23.1 Å². The van der Waals surface area contributed by atoms with Crippen molar-refractivity contribution in [1.29, 1.82) is 0 Å². The Kier molecular flexibility index (Phi) is 4.81. The minimum absolute atomic E-state index is 0.0335. The molecule has 3 heterocycles. The van der Waals surface area contributed by atoms with Crippen LogP contribution in [0.25, 0.3) is 0 Å². The van der Waals surface area contributed by atoms with Crippen molar-refractivity contribution in [3.05, 3.63) is 46.5 Å². The summed E-state index contributed by atoms with van der Waals surface area (Å²) >= 11 is 1.44. The van der Waals surface area contributed by atoms with Crippen LogP contribution in [0.3, 0.4) is 0 Å². The summed E-state index contributed by atoms with van der Waals surface area (Å²) < 4.78 is 5.29. The lowest BCUT2D eigenvalue weighted by atomic mass is 9.96. The molecule has 6 heteroatoms. The maximum Gasteiger partial charge on any atom is 0.263 e. The van der Waals surface area contributed by atoms with Crippen molar-refractivity contribution in [3.63, 3.8) is 0 Å². The highest BCUT2D eigenvalue weighted by Gasteiger charge is 2.31. The molecule has 0 radical (unpaired) electrons. The van der Waals surface area contributed by atoms with Crippen LogP contribution in [-0.4, -0.2) is 41.8 Å². The standard InChI is InChI=1S/C17H20N2O3S/c1-18(12-14-6-3-9-22-14)16(20)13-5-2-8-19(11-13)17(21)15-7-4-10-23-15/h3-4,6-7,9-10,13H,2,5,8,11-12H2,1H3. The molecule has 1 unspecified atom stereocenters. The van der Waals surface area contributed by atoms with Crippen LogP contribution in [0.2, 0.25) is 0 Å². The van der Waals surface area contributed by atoms with Crippen molar-refractivity contribution in [1.82, 2.24) is 9.80 Å². The van der Waals surface area contributed by atoms with Gasteiger partial charge in [-0.2, -0.15) is 0 Å². The fourth-order valence-corrected chi connectivity index (χ4v) is 3.64. The SMILES string of the molecule is CN(Cc1ccco1)C(=O)C1CCCN(C(=O)c2cccs2)C1. The smallest absolute Gasteiger partial charge is 0.263 e. The lowest BCUT2D eigenvalue weighted by Crippen LogP contribution is -2.45. The van der Waals surface area contributed by atoms with E-state index in [-0.39, 0.29) is 17.7 Å². The van der Waals surface area contributed by atoms with Gasteiger partial charge in [-0.05, 0) is 36.4 Å². The Morgan fingerprint density at radius 2 is 2.26 bits per heavy atom. The molecular weight excluding hydrogens is 312 g/mol. The van der Waals surface area contributed by atoms with Gasteiger partial charge in [-0.15, -0.1) is 11.3 Å². The maximum atomic E-state index is 12.6. The molecule has 0 N–H and O–H groups in total. The minimum Gasteiger partial charge on any atom is -0.467 e. The molecule has 0 saturated carbocycles. The van der Waals surface area contributed by atoms with Crippen LogP contribution in [0.5, 0.6) is 0 Å². The predicted octanol–water partition coefficient (Wildman–Crippen LogP) is 2.85. The molecule has 1 atom stereocenters. The number of furan rings is 1. The molecule has 0 bridgehead atoms. The molecule has 1 aliphatic heterocycles. The van der Waals surface area contributed by atoms with Crippen LogP contribution in [-0.2, 0) is 11.3 Å². The number of likely N-dealkylation sites (tertiary alicyclic amines) is 1. The van der Waals surface area contributed by atoms with Crippen molar-refractivity contribution in [2.75, 3.05) is 20.1 Å². The van der Waals surface area contributed by atoms with E-state index in [0.717, 1.165) is 30.0 Å². The maximum absolute atomic E-state index is 12.6. The average molecular weight is 332 g/mol. The molecular formula is C17H20N2O3S. The molecule has 2 aromatic heterocycles. The number of nitrogens with zero attached hydrogens (tertiary/aromatic N) is 2. The molecule has 2 amide bonds. The Bertz CT molecular complexity index is 651. The first-order valence-corrected chi connectivity index (χ1v) is 8.63. The van der Waals surface area contributed by atoms with Crippen molar-refractivity contribution in [2.45, 2.75) is 19.4 Å². The second-order valence-electron chi connectivity index (χ2n) is 5.84. The summed E-state index contributed by atoms with van der Waals surface area (Å²) in [5.41, 5.74) is 0. The first kappa shape index (κ1) is 15.8. The van der Waals surface area contributed by atoms with Crippen LogP contribution >= 0.6 is 11.3 Å². The number of hydrogen-bond acceptors (Lipinski definition) is 4. The Hall–Kier alpha value is -2.08. The van der Waals surface area contributed by atoms with Crippen LogP contribution in [0.1, 0.15) is 28.3 Å². The van der Waals surface area contributed by atoms with Gasteiger partial charge in [0.15, 0.2) is 0 Å². The normalized spacial score (nSPS) is 18.0. The Labute approximate surface area is 139 Å². The van der Waals surface area contributed by atoms with Gasteiger partial charge in [0, 0.05) is 20.1 Å². The second-order valence-corrected chi connectivity index (χ2v) is 6.79. The van der Waals surface area contributed by atoms with E-state index >= 15 is 0 Å². The van der Waals surface area contributed by atoms with E-state index in [2.05, 4.69) is 0 Å². The highest BCUT2D eigenvalue weighted by atomic mass is 32.1. The zero-order valence-electron chi connectivity index (χ0n) is 13.1. The van der Waals surface area contributed by atoms with Gasteiger partial charge >= 0.3 is 0 Å². The monoisotopic (exact) mass is 332 g/mol. The molecule has 2 aromatic rings. The van der Waals surface area contributed by atoms with E-state index < -0.39 is 0 Å². The van der Waals surface area contributed by atoms with Gasteiger partial charge in [0.25, 0.3) is 5.91 Å². The van der Waals surface area contributed by atoms with Crippen LogP contribution in [0.15, 0.2) is 40.3 Å². The van der Waals surface area contributed by atoms with Gasteiger partial charge in [-0.25, -0.2) is 0 Å². The molecule has 122 valence electrons. The number of carbonyl (C=O) groups is 2. The Balaban J connectivity index is 1.61. The zero-order chi connectivity index (χ0) is 16.2. The third-order valence-corrected chi connectivity index (χ3v) is 5.00. The third kappa shape index (κ3) is 3.64. The number of thiophene rings is 1. The van der Waals surface area contributed by atoms with Crippen LogP contribution < -0.4 is 0 Å². The van der Waals surface area contributed by atoms with Gasteiger partial charge in [-0.3, -0.25) is 9.59 Å². The summed E-state index contributed by atoms with van der Waals surface area (Å²) in [5.74, 6) is 0.743. The van der Waals surface area contributed by atoms with Gasteiger partial charge in [0.05, 0.1) is 23.6 Å². The number of piperidine rings is 1. The van der Waals surface area contributed by atoms with Crippen molar-refractivity contribution < 1.29 is 14.0 Å². The molecule has 5 nitrogen and oxygen atoms in total. The summed E-state index contributed by atoms with van der Waals surface area (Å²) in [6.45, 7) is 1.68. The van der Waals surface area contributed by atoms with Crippen molar-refractivity contribution in [2.24, 2.45) is 5.92 Å². The van der Waals surface area contributed by atoms with E-state index in [1.165, 1.54) is 11.3 Å². The number of hydrogen-bond donors (Lipinski definition) is 0. The van der Waals surface area contributed by atoms with Gasteiger partial charge in [0.1, 0.15) is 5.76 Å². The highest BCUT2D eigenvalue weighted by molar-refractivity contribution is 7.12. The number of amides is 2. The largest absolute Gasteiger partial charge is 0.467 e. The summed E-state index contributed by atoms with van der Waals surface area (Å²) in [4.78, 5) is 29.3. The zero-order valence-corrected chi connectivity index (χ0v) is 13.9. The van der Waals surface area contributed by atoms with Gasteiger partial charge < -0.3 is 14.2 Å². The summed E-state index contributed by atoms with van der Waals surface area (Å²) in [7, 11) is 1.78. The average Bonchev–Trinajstić information content (AvgIpc) is 3.27. The first-order valence-electron chi connectivity index (χ1n) is 7.75. The minimum atomic E-state index is -0.132. The fraction of sp³-hybridized carbons (Fsp3) is 0.412. The summed E-state index contributed by atoms with van der Waals surface area (Å²) in [6.07, 6.45) is 3.30. The fourth-order valence-electron chi connectivity index (χ4n) is 2.95. The predicted molar refractivity (Wildman–Crippen MR) is 88.1 cm³/mol. The van der Waals surface area contributed by atoms with Gasteiger partial charge in [0.2, 0.25) is 5.91 Å². The molecule has 3 rings (SSSR count). The van der Waals surface area contributed by atoms with Gasteiger partial charge in [-0.1, -0.05) is 6.07 Å². The molecule has 0 aromatic carbocycles. The van der Waals surface area contributed by atoms with Crippen LogP contribution in [0, 0.1) is 5.92 Å². The van der Waals surface area contributed by atoms with Crippen molar-refractivity contribution >= 4 is 23.2 Å². The molecule has 23 heavy (non-hydrogen) atoms. The molecule has 0 aliphatic carbocycles.